The molecule has 0 aromatic carbocycles. The SMILES string of the molecule is O=[N+]([O-])Cc1cc2c(s1)CCC2. The molecule has 3 nitrogen and oxygen atoms in total. The quantitative estimate of drug-likeness (QED) is 0.520. The predicted octanol–water partition coefficient (Wildman–Crippen LogP) is 2.01. The maximum atomic E-state index is 10.2. The van der Waals surface area contributed by atoms with Crippen molar-refractivity contribution in [3.8, 4) is 0 Å². The number of rotatable bonds is 2. The summed E-state index contributed by atoms with van der Waals surface area (Å²) >= 11 is 1.61. The van der Waals surface area contributed by atoms with Crippen LogP contribution in [0.3, 0.4) is 0 Å². The molecule has 64 valence electrons. The van der Waals surface area contributed by atoms with Gasteiger partial charge in [0.25, 0.3) is 0 Å². The topological polar surface area (TPSA) is 43.1 Å². The Kier molecular flexibility index (Phi) is 1.84. The average molecular weight is 183 g/mol. The molecule has 1 aromatic rings. The number of fused-ring (bicyclic) bond motifs is 1. The zero-order valence-corrected chi connectivity index (χ0v) is 7.39. The summed E-state index contributed by atoms with van der Waals surface area (Å²) in [6.07, 6.45) is 3.46. The van der Waals surface area contributed by atoms with Crippen molar-refractivity contribution in [1.82, 2.24) is 0 Å². The van der Waals surface area contributed by atoms with Gasteiger partial charge in [0.1, 0.15) is 0 Å². The van der Waals surface area contributed by atoms with Crippen LogP contribution in [0.2, 0.25) is 0 Å². The normalized spacial score (nSPS) is 14.7. The Balaban J connectivity index is 2.20. The first-order valence-corrected chi connectivity index (χ1v) is 4.79. The molecule has 0 saturated carbocycles. The Labute approximate surface area is 74.2 Å². The fraction of sp³-hybridized carbons (Fsp3) is 0.500. The number of hydrogen-bond donors (Lipinski definition) is 0. The van der Waals surface area contributed by atoms with Crippen molar-refractivity contribution in [3.05, 3.63) is 31.5 Å². The molecular formula is C8H9NO2S. The summed E-state index contributed by atoms with van der Waals surface area (Å²) in [6.45, 7) is -0.00231. The number of aryl methyl sites for hydroxylation is 2. The van der Waals surface area contributed by atoms with E-state index in [4.69, 9.17) is 0 Å². The third-order valence-electron chi connectivity index (χ3n) is 2.08. The molecule has 0 bridgehead atoms. The first kappa shape index (κ1) is 7.73. The fourth-order valence-electron chi connectivity index (χ4n) is 1.60. The second-order valence-electron chi connectivity index (χ2n) is 3.01. The summed E-state index contributed by atoms with van der Waals surface area (Å²) in [5.41, 5.74) is 1.34. The first-order valence-electron chi connectivity index (χ1n) is 3.98. The summed E-state index contributed by atoms with van der Waals surface area (Å²) in [4.78, 5) is 12.2. The van der Waals surface area contributed by atoms with Crippen molar-refractivity contribution >= 4 is 11.3 Å². The molecule has 1 aromatic heterocycles. The Bertz CT molecular complexity index is 297. The number of hydrogen-bond acceptors (Lipinski definition) is 3. The molecular weight excluding hydrogens is 174 g/mol. The summed E-state index contributed by atoms with van der Waals surface area (Å²) < 4.78 is 0. The minimum atomic E-state index is -0.263. The standard InChI is InChI=1S/C8H9NO2S/c10-9(11)5-7-4-6-2-1-3-8(6)12-7/h4H,1-3,5H2. The van der Waals surface area contributed by atoms with Crippen molar-refractivity contribution in [2.75, 3.05) is 0 Å². The highest BCUT2D eigenvalue weighted by molar-refractivity contribution is 7.12. The van der Waals surface area contributed by atoms with Gasteiger partial charge in [0.15, 0.2) is 0 Å². The largest absolute Gasteiger partial charge is 0.264 e. The Morgan fingerprint density at radius 1 is 1.58 bits per heavy atom. The van der Waals surface area contributed by atoms with Gasteiger partial charge >= 0.3 is 0 Å². The lowest BCUT2D eigenvalue weighted by molar-refractivity contribution is -0.496. The van der Waals surface area contributed by atoms with Gasteiger partial charge in [0, 0.05) is 9.80 Å². The van der Waals surface area contributed by atoms with Crippen molar-refractivity contribution < 1.29 is 4.92 Å². The molecule has 0 N–H and O–H groups in total. The van der Waals surface area contributed by atoms with Crippen LogP contribution in [0.4, 0.5) is 0 Å². The zero-order chi connectivity index (χ0) is 8.55. The highest BCUT2D eigenvalue weighted by Gasteiger charge is 2.16. The van der Waals surface area contributed by atoms with Gasteiger partial charge in [-0.05, 0) is 30.9 Å². The molecule has 0 radical (unpaired) electrons. The van der Waals surface area contributed by atoms with Crippen LogP contribution in [0.5, 0.6) is 0 Å². The van der Waals surface area contributed by atoms with Crippen molar-refractivity contribution in [2.45, 2.75) is 25.8 Å². The minimum Gasteiger partial charge on any atom is -0.264 e. The van der Waals surface area contributed by atoms with Gasteiger partial charge in [0.05, 0.1) is 4.88 Å². The molecule has 0 aliphatic heterocycles. The second-order valence-corrected chi connectivity index (χ2v) is 4.23. The Morgan fingerprint density at radius 3 is 3.08 bits per heavy atom. The molecule has 0 fully saturated rings. The van der Waals surface area contributed by atoms with Gasteiger partial charge in [-0.2, -0.15) is 0 Å². The maximum absolute atomic E-state index is 10.2. The van der Waals surface area contributed by atoms with Crippen molar-refractivity contribution in [3.63, 3.8) is 0 Å². The number of nitro groups is 1. The van der Waals surface area contributed by atoms with Gasteiger partial charge in [0.2, 0.25) is 6.54 Å². The van der Waals surface area contributed by atoms with E-state index in [0.29, 0.717) is 0 Å². The van der Waals surface area contributed by atoms with E-state index < -0.39 is 0 Å². The van der Waals surface area contributed by atoms with Gasteiger partial charge in [-0.1, -0.05) is 0 Å². The predicted molar refractivity (Wildman–Crippen MR) is 47.0 cm³/mol. The van der Waals surface area contributed by atoms with Gasteiger partial charge in [-0.15, -0.1) is 11.3 Å². The number of nitrogens with zero attached hydrogens (tertiary/aromatic N) is 1. The minimum absolute atomic E-state index is 0.00231. The summed E-state index contributed by atoms with van der Waals surface area (Å²) in [6, 6.07) is 2.00. The smallest absolute Gasteiger partial charge is 0.237 e. The third kappa shape index (κ3) is 1.34. The van der Waals surface area contributed by atoms with E-state index in [1.807, 2.05) is 6.07 Å². The van der Waals surface area contributed by atoms with Crippen LogP contribution >= 0.6 is 11.3 Å². The van der Waals surface area contributed by atoms with Gasteiger partial charge in [-0.3, -0.25) is 10.1 Å². The lowest BCUT2D eigenvalue weighted by Crippen LogP contribution is -1.95. The summed E-state index contributed by atoms with van der Waals surface area (Å²) in [7, 11) is 0. The summed E-state index contributed by atoms with van der Waals surface area (Å²) in [5.74, 6) is 0. The molecule has 2 rings (SSSR count). The molecule has 12 heavy (non-hydrogen) atoms. The highest BCUT2D eigenvalue weighted by Crippen LogP contribution is 2.30. The van der Waals surface area contributed by atoms with Crippen LogP contribution < -0.4 is 0 Å². The van der Waals surface area contributed by atoms with Crippen LogP contribution in [0.1, 0.15) is 21.7 Å². The molecule has 1 heterocycles. The van der Waals surface area contributed by atoms with E-state index in [-0.39, 0.29) is 11.5 Å². The van der Waals surface area contributed by atoms with E-state index in [0.717, 1.165) is 17.7 Å². The molecule has 0 saturated heterocycles. The molecule has 0 unspecified atom stereocenters. The van der Waals surface area contributed by atoms with Gasteiger partial charge in [-0.25, -0.2) is 0 Å². The van der Waals surface area contributed by atoms with Crippen LogP contribution in [0, 0.1) is 10.1 Å². The first-order chi connectivity index (χ1) is 5.75. The maximum Gasteiger partial charge on any atom is 0.237 e. The van der Waals surface area contributed by atoms with E-state index in [1.165, 1.54) is 16.9 Å². The van der Waals surface area contributed by atoms with Crippen molar-refractivity contribution in [2.24, 2.45) is 0 Å². The molecule has 4 heteroatoms. The molecule has 0 spiro atoms. The zero-order valence-electron chi connectivity index (χ0n) is 6.58. The van der Waals surface area contributed by atoms with Crippen LogP contribution in [-0.4, -0.2) is 4.92 Å². The van der Waals surface area contributed by atoms with Gasteiger partial charge < -0.3 is 0 Å². The van der Waals surface area contributed by atoms with Crippen LogP contribution in [0.15, 0.2) is 6.07 Å². The van der Waals surface area contributed by atoms with Crippen LogP contribution in [-0.2, 0) is 19.4 Å². The second kappa shape index (κ2) is 2.86. The molecule has 0 atom stereocenters. The Hall–Kier alpha value is -0.900. The monoisotopic (exact) mass is 183 g/mol. The average Bonchev–Trinajstić information content (AvgIpc) is 2.43. The lowest BCUT2D eigenvalue weighted by Gasteiger charge is -1.87. The molecule has 1 aliphatic rings. The highest BCUT2D eigenvalue weighted by atomic mass is 32.1. The number of thiophene rings is 1. The fourth-order valence-corrected chi connectivity index (χ4v) is 2.82. The van der Waals surface area contributed by atoms with E-state index in [2.05, 4.69) is 0 Å². The van der Waals surface area contributed by atoms with E-state index in [9.17, 15) is 10.1 Å². The summed E-state index contributed by atoms with van der Waals surface area (Å²) in [5, 5.41) is 10.2. The van der Waals surface area contributed by atoms with Crippen molar-refractivity contribution in [1.29, 1.82) is 0 Å². The lowest BCUT2D eigenvalue weighted by atomic mass is 10.2. The third-order valence-corrected chi connectivity index (χ3v) is 3.30. The molecule has 0 amide bonds. The van der Waals surface area contributed by atoms with E-state index >= 15 is 0 Å². The molecule has 1 aliphatic carbocycles. The Morgan fingerprint density at radius 2 is 2.42 bits per heavy atom. The van der Waals surface area contributed by atoms with Crippen LogP contribution in [0.25, 0.3) is 0 Å². The van der Waals surface area contributed by atoms with E-state index in [1.54, 1.807) is 11.3 Å².